The van der Waals surface area contributed by atoms with Crippen LogP contribution in [-0.2, 0) is 4.74 Å². The number of quaternary nitrogens is 1. The fourth-order valence-corrected chi connectivity index (χ4v) is 6.53. The predicted octanol–water partition coefficient (Wildman–Crippen LogP) is 4.23. The number of anilines is 3. The molecule has 0 bridgehead atoms. The molecule has 0 unspecified atom stereocenters. The van der Waals surface area contributed by atoms with Crippen LogP contribution in [0, 0.1) is 0 Å². The zero-order chi connectivity index (χ0) is 29.9. The Morgan fingerprint density at radius 3 is 2.36 bits per heavy atom. The van der Waals surface area contributed by atoms with Crippen LogP contribution in [0.1, 0.15) is 94.1 Å². The number of alkyl carbamates (subject to hydrolysis) is 1. The van der Waals surface area contributed by atoms with Gasteiger partial charge in [0.05, 0.1) is 0 Å². The van der Waals surface area contributed by atoms with Crippen molar-refractivity contribution in [2.24, 2.45) is 5.73 Å². The smallest absolute Gasteiger partial charge is 0.407 e. The van der Waals surface area contributed by atoms with E-state index in [1.165, 1.54) is 18.4 Å². The van der Waals surface area contributed by atoms with E-state index in [0.29, 0.717) is 31.0 Å². The van der Waals surface area contributed by atoms with Gasteiger partial charge in [0.2, 0.25) is 5.95 Å². The van der Waals surface area contributed by atoms with E-state index in [1.807, 2.05) is 37.8 Å². The number of aromatic nitrogens is 3. The molecule has 42 heavy (non-hydrogen) atoms. The van der Waals surface area contributed by atoms with E-state index in [-0.39, 0.29) is 22.2 Å². The monoisotopic (exact) mass is 581 g/mol. The molecule has 3 aliphatic rings. The van der Waals surface area contributed by atoms with Crippen LogP contribution < -0.4 is 21.3 Å². The number of carbonyl (C=O) groups is 2. The standard InChI is InChI=1S/C30H44N8O4/c1-30(2,3)42-29(40)33-23-7-6-16-37(19-23)28-34-27(25(26(31)39)35-36-28)32-22-12-10-20(11-13-22)21-14-17-38(41,18-15-21)24-8-4-5-9-24/h10-13,21,23-24,41H,4-9,14-19H2,1-3H3,(H3-,31,32,33,34,36,39,40)/p+1/t21?,23-,38?/m1/s1. The predicted molar refractivity (Wildman–Crippen MR) is 159 cm³/mol. The van der Waals surface area contributed by atoms with Gasteiger partial charge in [-0.05, 0) is 70.1 Å². The Bertz CT molecular complexity index is 1250. The van der Waals surface area contributed by atoms with Crippen molar-refractivity contribution in [1.29, 1.82) is 0 Å². The maximum atomic E-state index is 12.3. The topological polar surface area (TPSA) is 156 Å². The third-order valence-corrected chi connectivity index (χ3v) is 8.71. The Labute approximate surface area is 247 Å². The minimum Gasteiger partial charge on any atom is -0.444 e. The lowest BCUT2D eigenvalue weighted by atomic mass is 9.88. The number of hydroxylamine groups is 3. The van der Waals surface area contributed by atoms with Crippen molar-refractivity contribution >= 4 is 29.5 Å². The van der Waals surface area contributed by atoms with E-state index in [4.69, 9.17) is 10.5 Å². The second-order valence-electron chi connectivity index (χ2n) is 13.0. The van der Waals surface area contributed by atoms with E-state index < -0.39 is 17.6 Å². The van der Waals surface area contributed by atoms with Gasteiger partial charge in [-0.25, -0.2) is 10.0 Å². The van der Waals surface area contributed by atoms with Crippen LogP contribution in [0.15, 0.2) is 24.3 Å². The first-order valence-electron chi connectivity index (χ1n) is 15.2. The zero-order valence-electron chi connectivity index (χ0n) is 25.0. The molecule has 5 N–H and O–H groups in total. The van der Waals surface area contributed by atoms with Crippen molar-refractivity contribution in [2.45, 2.75) is 95.7 Å². The molecule has 1 saturated carbocycles. The Kier molecular flexibility index (Phi) is 8.84. The van der Waals surface area contributed by atoms with Gasteiger partial charge in [0.15, 0.2) is 11.5 Å². The van der Waals surface area contributed by atoms with Gasteiger partial charge in [-0.3, -0.25) is 4.79 Å². The quantitative estimate of drug-likeness (QED) is 0.351. The third-order valence-electron chi connectivity index (χ3n) is 8.71. The summed E-state index contributed by atoms with van der Waals surface area (Å²) in [6, 6.07) is 8.39. The summed E-state index contributed by atoms with van der Waals surface area (Å²) >= 11 is 0. The molecule has 12 heteroatoms. The van der Waals surface area contributed by atoms with Crippen molar-refractivity contribution < 1.29 is 24.2 Å². The minimum atomic E-state index is -0.723. The maximum absolute atomic E-state index is 12.3. The zero-order valence-corrected chi connectivity index (χ0v) is 25.0. The molecule has 0 radical (unpaired) electrons. The molecule has 1 aromatic carbocycles. The van der Waals surface area contributed by atoms with Gasteiger partial charge in [-0.1, -0.05) is 12.1 Å². The molecule has 2 aliphatic heterocycles. The van der Waals surface area contributed by atoms with Gasteiger partial charge < -0.3 is 26.0 Å². The van der Waals surface area contributed by atoms with Gasteiger partial charge in [-0.2, -0.15) is 9.63 Å². The first kappa shape index (κ1) is 30.0. The average molecular weight is 582 g/mol. The van der Waals surface area contributed by atoms with Crippen LogP contribution in [0.4, 0.5) is 22.2 Å². The third kappa shape index (κ3) is 7.27. The van der Waals surface area contributed by atoms with Gasteiger partial charge in [-0.15, -0.1) is 10.2 Å². The summed E-state index contributed by atoms with van der Waals surface area (Å²) in [4.78, 5) is 31.0. The molecule has 2 saturated heterocycles. The van der Waals surface area contributed by atoms with E-state index in [1.54, 1.807) is 0 Å². The number of carbonyl (C=O) groups excluding carboxylic acids is 2. The molecule has 0 spiro atoms. The highest BCUT2D eigenvalue weighted by atomic mass is 16.6. The minimum absolute atomic E-state index is 0.0421. The highest BCUT2D eigenvalue weighted by Crippen LogP contribution is 2.37. The highest BCUT2D eigenvalue weighted by molar-refractivity contribution is 5.96. The number of primary amides is 1. The molecule has 2 aromatic rings. The first-order chi connectivity index (χ1) is 20.0. The van der Waals surface area contributed by atoms with E-state index in [9.17, 15) is 14.8 Å². The van der Waals surface area contributed by atoms with Gasteiger partial charge in [0.25, 0.3) is 5.91 Å². The lowest BCUT2D eigenvalue weighted by Gasteiger charge is -2.41. The summed E-state index contributed by atoms with van der Waals surface area (Å²) in [6.45, 7) is 8.26. The summed E-state index contributed by atoms with van der Waals surface area (Å²) in [5.41, 5.74) is 6.97. The SMILES string of the molecule is CC(C)(C)OC(=O)N[C@@H]1CCCN(c2nnc(C(N)=O)c(Nc3ccc(C4CC[N+](O)(C5CCCC5)CC4)cc3)n2)C1. The molecule has 1 atom stereocenters. The fourth-order valence-electron chi connectivity index (χ4n) is 6.53. The lowest BCUT2D eigenvalue weighted by Crippen LogP contribution is -2.55. The molecule has 3 fully saturated rings. The van der Waals surface area contributed by atoms with Crippen molar-refractivity contribution in [2.75, 3.05) is 36.4 Å². The van der Waals surface area contributed by atoms with Crippen molar-refractivity contribution in [1.82, 2.24) is 20.5 Å². The Balaban J connectivity index is 1.23. The Hall–Kier alpha value is -3.51. The van der Waals surface area contributed by atoms with Crippen LogP contribution in [-0.4, -0.2) is 80.9 Å². The molecule has 3 heterocycles. The van der Waals surface area contributed by atoms with Crippen LogP contribution in [0.2, 0.25) is 0 Å². The molecular weight excluding hydrogens is 536 g/mol. The second-order valence-corrected chi connectivity index (χ2v) is 13.0. The number of likely N-dealkylation sites (tertiary alicyclic amines) is 1. The molecule has 12 nitrogen and oxygen atoms in total. The van der Waals surface area contributed by atoms with Gasteiger partial charge in [0.1, 0.15) is 24.7 Å². The molecular formula is C30H45N8O4+. The molecule has 1 aliphatic carbocycles. The number of hydrogen-bond donors (Lipinski definition) is 4. The van der Waals surface area contributed by atoms with E-state index in [2.05, 4.69) is 37.9 Å². The summed E-state index contributed by atoms with van der Waals surface area (Å²) < 4.78 is 5.64. The summed E-state index contributed by atoms with van der Waals surface area (Å²) in [5.74, 6) is 0.275. The molecule has 228 valence electrons. The molecule has 5 rings (SSSR count). The number of amides is 2. The maximum Gasteiger partial charge on any atom is 0.407 e. The Morgan fingerprint density at radius 1 is 1.02 bits per heavy atom. The first-order valence-corrected chi connectivity index (χ1v) is 15.2. The molecule has 2 amide bonds. The number of benzene rings is 1. The van der Waals surface area contributed by atoms with Crippen LogP contribution in [0.25, 0.3) is 0 Å². The number of rotatable bonds is 7. The number of nitrogens with one attached hydrogen (secondary N) is 2. The van der Waals surface area contributed by atoms with Crippen molar-refractivity contribution in [3.63, 3.8) is 0 Å². The second kappa shape index (κ2) is 12.4. The number of nitrogens with zero attached hydrogens (tertiary/aromatic N) is 5. The number of ether oxygens (including phenoxy) is 1. The van der Waals surface area contributed by atoms with E-state index in [0.717, 1.165) is 57.3 Å². The normalized spacial score (nSPS) is 25.2. The Morgan fingerprint density at radius 2 is 1.71 bits per heavy atom. The largest absolute Gasteiger partial charge is 0.444 e. The number of piperidine rings is 2. The van der Waals surface area contributed by atoms with Crippen LogP contribution >= 0.6 is 0 Å². The van der Waals surface area contributed by atoms with Gasteiger partial charge in [0, 0.05) is 50.5 Å². The van der Waals surface area contributed by atoms with Crippen LogP contribution in [0.5, 0.6) is 0 Å². The van der Waals surface area contributed by atoms with Crippen LogP contribution in [0.3, 0.4) is 0 Å². The fraction of sp³-hybridized carbons (Fsp3) is 0.633. The summed E-state index contributed by atoms with van der Waals surface area (Å²) in [7, 11) is 0. The average Bonchev–Trinajstić information content (AvgIpc) is 3.49. The highest BCUT2D eigenvalue weighted by Gasteiger charge is 2.41. The van der Waals surface area contributed by atoms with Gasteiger partial charge >= 0.3 is 6.09 Å². The van der Waals surface area contributed by atoms with Crippen molar-refractivity contribution in [3.8, 4) is 0 Å². The lowest BCUT2D eigenvalue weighted by molar-refractivity contribution is -1.12. The number of hydrogen-bond acceptors (Lipinski definition) is 9. The summed E-state index contributed by atoms with van der Waals surface area (Å²) in [6.07, 6.45) is 7.82. The van der Waals surface area contributed by atoms with Crippen molar-refractivity contribution in [3.05, 3.63) is 35.5 Å². The summed E-state index contributed by atoms with van der Waals surface area (Å²) in [5, 5.41) is 25.6. The van der Waals surface area contributed by atoms with E-state index >= 15 is 0 Å². The molecule has 1 aromatic heterocycles. The number of nitrogens with two attached hydrogens (primary N) is 1.